The highest BCUT2D eigenvalue weighted by atomic mass is 19.1. The van der Waals surface area contributed by atoms with Crippen LogP contribution in [0.25, 0.3) is 6.08 Å². The van der Waals surface area contributed by atoms with Gasteiger partial charge >= 0.3 is 5.97 Å². The Morgan fingerprint density at radius 1 is 1.17 bits per heavy atom. The second kappa shape index (κ2) is 7.88. The molecule has 24 heavy (non-hydrogen) atoms. The van der Waals surface area contributed by atoms with E-state index < -0.39 is 0 Å². The second-order valence-electron chi connectivity index (χ2n) is 5.95. The van der Waals surface area contributed by atoms with Crippen molar-refractivity contribution >= 4 is 12.0 Å². The lowest BCUT2D eigenvalue weighted by atomic mass is 10.2. The summed E-state index contributed by atoms with van der Waals surface area (Å²) in [5.74, 6) is -0.648. The van der Waals surface area contributed by atoms with E-state index in [1.54, 1.807) is 18.2 Å². The molecule has 3 rings (SSSR count). The first-order valence-electron chi connectivity index (χ1n) is 8.09. The molecule has 4 heteroatoms. The summed E-state index contributed by atoms with van der Waals surface area (Å²) in [5, 5.41) is 0. The molecule has 0 spiro atoms. The number of hydrogen-bond acceptors (Lipinski definition) is 3. The van der Waals surface area contributed by atoms with Gasteiger partial charge in [0.25, 0.3) is 0 Å². The Labute approximate surface area is 141 Å². The van der Waals surface area contributed by atoms with Crippen molar-refractivity contribution in [1.82, 2.24) is 4.90 Å². The highest BCUT2D eigenvalue weighted by molar-refractivity contribution is 5.87. The Hall–Kier alpha value is -2.46. The average Bonchev–Trinajstić information content (AvgIpc) is 3.02. The highest BCUT2D eigenvalue weighted by Crippen LogP contribution is 2.16. The first kappa shape index (κ1) is 16.4. The van der Waals surface area contributed by atoms with Crippen LogP contribution in [0.1, 0.15) is 17.5 Å². The first-order chi connectivity index (χ1) is 11.7. The van der Waals surface area contributed by atoms with Crippen molar-refractivity contribution in [1.29, 1.82) is 0 Å². The van der Waals surface area contributed by atoms with E-state index in [0.29, 0.717) is 0 Å². The third-order valence-corrected chi connectivity index (χ3v) is 4.04. The molecule has 0 N–H and O–H groups in total. The van der Waals surface area contributed by atoms with Crippen molar-refractivity contribution in [3.05, 3.63) is 77.6 Å². The summed E-state index contributed by atoms with van der Waals surface area (Å²) in [5.41, 5.74) is 2.03. The Kier molecular flexibility index (Phi) is 5.39. The Morgan fingerprint density at radius 3 is 2.67 bits per heavy atom. The molecule has 1 saturated heterocycles. The molecule has 0 aromatic heterocycles. The first-order valence-corrected chi connectivity index (χ1v) is 8.09. The van der Waals surface area contributed by atoms with Gasteiger partial charge in [-0.25, -0.2) is 9.18 Å². The van der Waals surface area contributed by atoms with Gasteiger partial charge in [0.1, 0.15) is 11.9 Å². The number of halogens is 1. The zero-order valence-electron chi connectivity index (χ0n) is 13.4. The van der Waals surface area contributed by atoms with Gasteiger partial charge in [0.2, 0.25) is 0 Å². The van der Waals surface area contributed by atoms with Crippen molar-refractivity contribution in [3.63, 3.8) is 0 Å². The maximum absolute atomic E-state index is 12.8. The van der Waals surface area contributed by atoms with Gasteiger partial charge in [0, 0.05) is 25.7 Å². The van der Waals surface area contributed by atoms with Gasteiger partial charge in [-0.15, -0.1) is 0 Å². The fraction of sp³-hybridized carbons (Fsp3) is 0.250. The van der Waals surface area contributed by atoms with Gasteiger partial charge in [-0.1, -0.05) is 42.5 Å². The van der Waals surface area contributed by atoms with Gasteiger partial charge in [-0.3, -0.25) is 4.90 Å². The van der Waals surface area contributed by atoms with Crippen LogP contribution in [0.4, 0.5) is 4.39 Å². The fourth-order valence-electron chi connectivity index (χ4n) is 2.82. The van der Waals surface area contributed by atoms with E-state index >= 15 is 0 Å². The summed E-state index contributed by atoms with van der Waals surface area (Å²) in [6.07, 6.45) is 3.81. The molecule has 0 unspecified atom stereocenters. The molecule has 1 fully saturated rings. The van der Waals surface area contributed by atoms with E-state index in [0.717, 1.165) is 31.6 Å². The lowest BCUT2D eigenvalue weighted by Crippen LogP contribution is -2.24. The maximum Gasteiger partial charge on any atom is 0.331 e. The van der Waals surface area contributed by atoms with E-state index in [9.17, 15) is 9.18 Å². The molecule has 1 aliphatic rings. The topological polar surface area (TPSA) is 29.5 Å². The molecule has 0 saturated carbocycles. The van der Waals surface area contributed by atoms with Crippen molar-refractivity contribution in [3.8, 4) is 0 Å². The van der Waals surface area contributed by atoms with Crippen LogP contribution in [-0.2, 0) is 16.1 Å². The molecule has 124 valence electrons. The monoisotopic (exact) mass is 325 g/mol. The number of carbonyl (C=O) groups is 1. The molecule has 1 heterocycles. The van der Waals surface area contributed by atoms with E-state index in [2.05, 4.69) is 17.0 Å². The van der Waals surface area contributed by atoms with Crippen molar-refractivity contribution < 1.29 is 13.9 Å². The molecule has 0 amide bonds. The zero-order valence-corrected chi connectivity index (χ0v) is 13.4. The standard InChI is InChI=1S/C20H20FNO2/c21-18-9-6-16(7-10-18)8-11-20(23)24-19-12-13-22(15-19)14-17-4-2-1-3-5-17/h1-11,19H,12-15H2/b11-8+/t19-/m1/s1. The van der Waals surface area contributed by atoms with Crippen LogP contribution in [-0.4, -0.2) is 30.1 Å². The van der Waals surface area contributed by atoms with Gasteiger partial charge in [0.15, 0.2) is 0 Å². The average molecular weight is 325 g/mol. The van der Waals surface area contributed by atoms with E-state index in [1.807, 2.05) is 18.2 Å². The Morgan fingerprint density at radius 2 is 1.92 bits per heavy atom. The quantitative estimate of drug-likeness (QED) is 0.621. The molecule has 0 aliphatic carbocycles. The number of rotatable bonds is 5. The number of carbonyl (C=O) groups excluding carboxylic acids is 1. The molecule has 0 radical (unpaired) electrons. The second-order valence-corrected chi connectivity index (χ2v) is 5.95. The van der Waals surface area contributed by atoms with Crippen LogP contribution < -0.4 is 0 Å². The summed E-state index contributed by atoms with van der Waals surface area (Å²) >= 11 is 0. The molecule has 3 nitrogen and oxygen atoms in total. The van der Waals surface area contributed by atoms with E-state index in [1.165, 1.54) is 23.8 Å². The van der Waals surface area contributed by atoms with Crippen LogP contribution >= 0.6 is 0 Å². The zero-order chi connectivity index (χ0) is 16.8. The van der Waals surface area contributed by atoms with E-state index in [4.69, 9.17) is 4.74 Å². The third kappa shape index (κ3) is 4.77. The SMILES string of the molecule is O=C(/C=C/c1ccc(F)cc1)O[C@@H]1CCN(Cc2ccccc2)C1. The molecule has 1 aliphatic heterocycles. The number of nitrogens with zero attached hydrogens (tertiary/aromatic N) is 1. The Bertz CT molecular complexity index is 697. The third-order valence-electron chi connectivity index (χ3n) is 4.04. The number of likely N-dealkylation sites (tertiary alicyclic amines) is 1. The van der Waals surface area contributed by atoms with Crippen LogP contribution in [0.3, 0.4) is 0 Å². The molecular formula is C20H20FNO2. The number of hydrogen-bond donors (Lipinski definition) is 0. The minimum absolute atomic E-state index is 0.0703. The van der Waals surface area contributed by atoms with Gasteiger partial charge in [0.05, 0.1) is 0 Å². The lowest BCUT2D eigenvalue weighted by molar-refractivity contribution is -0.142. The van der Waals surface area contributed by atoms with Crippen molar-refractivity contribution in [2.24, 2.45) is 0 Å². The summed E-state index contributed by atoms with van der Waals surface area (Å²) in [6.45, 7) is 2.56. The van der Waals surface area contributed by atoms with Gasteiger partial charge in [-0.2, -0.15) is 0 Å². The van der Waals surface area contributed by atoms with Crippen LogP contribution in [0, 0.1) is 5.82 Å². The van der Waals surface area contributed by atoms with Gasteiger partial charge in [-0.05, 0) is 35.8 Å². The predicted molar refractivity (Wildman–Crippen MR) is 91.7 cm³/mol. The minimum Gasteiger partial charge on any atom is -0.458 e. The number of benzene rings is 2. The lowest BCUT2D eigenvalue weighted by Gasteiger charge is -2.15. The summed E-state index contributed by atoms with van der Waals surface area (Å²) in [6, 6.07) is 16.2. The molecule has 0 bridgehead atoms. The predicted octanol–water partition coefficient (Wildman–Crippen LogP) is 3.66. The minimum atomic E-state index is -0.356. The molecule has 2 aromatic rings. The van der Waals surface area contributed by atoms with Crippen LogP contribution in [0.5, 0.6) is 0 Å². The van der Waals surface area contributed by atoms with Crippen molar-refractivity contribution in [2.45, 2.75) is 19.1 Å². The maximum atomic E-state index is 12.8. The van der Waals surface area contributed by atoms with Gasteiger partial charge < -0.3 is 4.74 Å². The molecular weight excluding hydrogens is 305 g/mol. The molecule has 1 atom stereocenters. The molecule has 2 aromatic carbocycles. The van der Waals surface area contributed by atoms with Crippen LogP contribution in [0.2, 0.25) is 0 Å². The number of esters is 1. The van der Waals surface area contributed by atoms with Crippen molar-refractivity contribution in [2.75, 3.05) is 13.1 Å². The summed E-state index contributed by atoms with van der Waals surface area (Å²) < 4.78 is 18.3. The van der Waals surface area contributed by atoms with Crippen LogP contribution in [0.15, 0.2) is 60.7 Å². The van der Waals surface area contributed by atoms with E-state index in [-0.39, 0.29) is 17.9 Å². The Balaban J connectivity index is 1.46. The number of ether oxygens (including phenoxy) is 1. The fourth-order valence-corrected chi connectivity index (χ4v) is 2.82. The largest absolute Gasteiger partial charge is 0.458 e. The summed E-state index contributed by atoms with van der Waals surface area (Å²) in [7, 11) is 0. The highest BCUT2D eigenvalue weighted by Gasteiger charge is 2.24. The normalized spacial score (nSPS) is 18.1. The summed E-state index contributed by atoms with van der Waals surface area (Å²) in [4.78, 5) is 14.2. The smallest absolute Gasteiger partial charge is 0.331 e.